The van der Waals surface area contributed by atoms with Gasteiger partial charge in [-0.1, -0.05) is 31.5 Å². The first kappa shape index (κ1) is 13.0. The summed E-state index contributed by atoms with van der Waals surface area (Å²) in [5, 5.41) is 3.58. The van der Waals surface area contributed by atoms with E-state index in [2.05, 4.69) is 41.4 Å². The number of hydrogen-bond donors (Lipinski definition) is 1. The minimum atomic E-state index is 0.513. The molecule has 1 saturated heterocycles. The summed E-state index contributed by atoms with van der Waals surface area (Å²) in [6.45, 7) is 7.21. The van der Waals surface area contributed by atoms with E-state index >= 15 is 0 Å². The van der Waals surface area contributed by atoms with Crippen molar-refractivity contribution >= 4 is 5.69 Å². The largest absolute Gasteiger partial charge is 0.371 e. The van der Waals surface area contributed by atoms with Crippen molar-refractivity contribution in [2.45, 2.75) is 39.0 Å². The van der Waals surface area contributed by atoms with E-state index in [9.17, 15) is 0 Å². The van der Waals surface area contributed by atoms with E-state index in [4.69, 9.17) is 0 Å². The van der Waals surface area contributed by atoms with Gasteiger partial charge in [-0.3, -0.25) is 0 Å². The summed E-state index contributed by atoms with van der Waals surface area (Å²) in [5.41, 5.74) is 3.56. The number of nitrogens with zero attached hydrogens (tertiary/aromatic N) is 1. The van der Waals surface area contributed by atoms with Crippen molar-refractivity contribution in [2.24, 2.45) is 5.41 Å². The first-order chi connectivity index (χ1) is 9.33. The molecule has 0 radical (unpaired) electrons. The van der Waals surface area contributed by atoms with E-state index in [0.717, 1.165) is 0 Å². The van der Waals surface area contributed by atoms with E-state index in [0.29, 0.717) is 5.41 Å². The van der Waals surface area contributed by atoms with Crippen molar-refractivity contribution in [2.75, 3.05) is 31.1 Å². The summed E-state index contributed by atoms with van der Waals surface area (Å²) in [5.74, 6) is 0. The molecule has 2 aliphatic heterocycles. The molecule has 1 N–H and O–H groups in total. The molecule has 2 heterocycles. The number of fused-ring (bicyclic) bond motifs is 1. The van der Waals surface area contributed by atoms with E-state index in [1.807, 2.05) is 0 Å². The minimum absolute atomic E-state index is 0.513. The van der Waals surface area contributed by atoms with Gasteiger partial charge in [-0.15, -0.1) is 0 Å². The Balaban J connectivity index is 1.80. The summed E-state index contributed by atoms with van der Waals surface area (Å²) in [6.07, 6.45) is 6.58. The van der Waals surface area contributed by atoms with Crippen LogP contribution in [0.2, 0.25) is 0 Å². The quantitative estimate of drug-likeness (QED) is 0.892. The van der Waals surface area contributed by atoms with E-state index in [1.54, 1.807) is 5.56 Å². The number of nitrogens with one attached hydrogen (secondary N) is 1. The van der Waals surface area contributed by atoms with Crippen LogP contribution in [0.1, 0.15) is 38.2 Å². The normalized spacial score (nSPS) is 26.5. The second-order valence-corrected chi connectivity index (χ2v) is 6.33. The maximum absolute atomic E-state index is 3.58. The summed E-state index contributed by atoms with van der Waals surface area (Å²) in [7, 11) is 0. The van der Waals surface area contributed by atoms with Crippen LogP contribution < -0.4 is 10.2 Å². The molecule has 1 atom stereocenters. The average molecular weight is 258 g/mol. The Bertz CT molecular complexity index is 421. The Morgan fingerprint density at radius 1 is 1.32 bits per heavy atom. The Morgan fingerprint density at radius 3 is 3.00 bits per heavy atom. The number of anilines is 1. The van der Waals surface area contributed by atoms with E-state index in [1.165, 1.54) is 64.0 Å². The van der Waals surface area contributed by atoms with Crippen LogP contribution in [0.25, 0.3) is 0 Å². The Hall–Kier alpha value is -1.02. The predicted octanol–water partition coefficient (Wildman–Crippen LogP) is 3.22. The Morgan fingerprint density at radius 2 is 2.21 bits per heavy atom. The van der Waals surface area contributed by atoms with Crippen molar-refractivity contribution in [1.29, 1.82) is 0 Å². The number of aryl methyl sites for hydroxylation is 1. The number of hydrogen-bond acceptors (Lipinski definition) is 2. The van der Waals surface area contributed by atoms with Crippen molar-refractivity contribution in [3.8, 4) is 0 Å². The van der Waals surface area contributed by atoms with Gasteiger partial charge < -0.3 is 10.2 Å². The van der Waals surface area contributed by atoms with Crippen LogP contribution in [-0.2, 0) is 6.42 Å². The van der Waals surface area contributed by atoms with Gasteiger partial charge in [0.15, 0.2) is 0 Å². The van der Waals surface area contributed by atoms with Crippen molar-refractivity contribution in [3.05, 3.63) is 29.8 Å². The molecular weight excluding hydrogens is 232 g/mol. The molecule has 2 heteroatoms. The zero-order valence-corrected chi connectivity index (χ0v) is 12.1. The molecule has 0 spiro atoms. The first-order valence-corrected chi connectivity index (χ1v) is 7.87. The standard InChI is InChI=1S/C17H26N2/c1-2-9-17(10-11-18-13-17)14-19-12-5-7-15-6-3-4-8-16(15)19/h3-4,6,8,18H,2,5,7,9-14H2,1H3. The maximum Gasteiger partial charge on any atom is 0.0398 e. The molecule has 0 aromatic heterocycles. The lowest BCUT2D eigenvalue weighted by Crippen LogP contribution is -2.41. The third-order valence-electron chi connectivity index (χ3n) is 4.85. The van der Waals surface area contributed by atoms with Gasteiger partial charge in [-0.05, 0) is 43.9 Å². The molecule has 3 rings (SSSR count). The molecule has 19 heavy (non-hydrogen) atoms. The van der Waals surface area contributed by atoms with Gasteiger partial charge >= 0.3 is 0 Å². The Kier molecular flexibility index (Phi) is 3.79. The van der Waals surface area contributed by atoms with Crippen LogP contribution in [0.4, 0.5) is 5.69 Å². The van der Waals surface area contributed by atoms with Crippen molar-refractivity contribution in [3.63, 3.8) is 0 Å². The predicted molar refractivity (Wildman–Crippen MR) is 81.8 cm³/mol. The smallest absolute Gasteiger partial charge is 0.0398 e. The third-order valence-corrected chi connectivity index (χ3v) is 4.85. The van der Waals surface area contributed by atoms with Crippen LogP contribution in [-0.4, -0.2) is 26.2 Å². The van der Waals surface area contributed by atoms with Gasteiger partial charge in [0.2, 0.25) is 0 Å². The van der Waals surface area contributed by atoms with Crippen molar-refractivity contribution in [1.82, 2.24) is 5.32 Å². The first-order valence-electron chi connectivity index (χ1n) is 7.87. The van der Waals surface area contributed by atoms with Crippen LogP contribution in [0.15, 0.2) is 24.3 Å². The summed E-state index contributed by atoms with van der Waals surface area (Å²) in [6, 6.07) is 9.00. The lowest BCUT2D eigenvalue weighted by atomic mass is 9.81. The highest BCUT2D eigenvalue weighted by atomic mass is 15.2. The molecule has 104 valence electrons. The highest BCUT2D eigenvalue weighted by Gasteiger charge is 2.35. The number of benzene rings is 1. The van der Waals surface area contributed by atoms with E-state index in [-0.39, 0.29) is 0 Å². The van der Waals surface area contributed by atoms with Gasteiger partial charge in [0.05, 0.1) is 0 Å². The van der Waals surface area contributed by atoms with E-state index < -0.39 is 0 Å². The molecule has 0 bridgehead atoms. The SMILES string of the molecule is CCCC1(CN2CCCc3ccccc32)CCNC1. The molecule has 1 aromatic rings. The van der Waals surface area contributed by atoms with Crippen LogP contribution >= 0.6 is 0 Å². The fourth-order valence-electron chi connectivity index (χ4n) is 3.93. The van der Waals surface area contributed by atoms with Crippen LogP contribution in [0.5, 0.6) is 0 Å². The average Bonchev–Trinajstić information content (AvgIpc) is 2.88. The lowest BCUT2D eigenvalue weighted by Gasteiger charge is -2.39. The number of para-hydroxylation sites is 1. The molecule has 2 nitrogen and oxygen atoms in total. The molecule has 1 aromatic carbocycles. The highest BCUT2D eigenvalue weighted by molar-refractivity contribution is 5.55. The van der Waals surface area contributed by atoms with Crippen molar-refractivity contribution < 1.29 is 0 Å². The lowest BCUT2D eigenvalue weighted by molar-refractivity contribution is 0.293. The molecule has 1 fully saturated rings. The fourth-order valence-corrected chi connectivity index (χ4v) is 3.93. The zero-order valence-electron chi connectivity index (χ0n) is 12.1. The maximum atomic E-state index is 3.58. The fraction of sp³-hybridized carbons (Fsp3) is 0.647. The van der Waals surface area contributed by atoms with Gasteiger partial charge in [0.25, 0.3) is 0 Å². The molecule has 2 aliphatic rings. The molecule has 0 saturated carbocycles. The van der Waals surface area contributed by atoms with Gasteiger partial charge in [0, 0.05) is 30.7 Å². The summed E-state index contributed by atoms with van der Waals surface area (Å²) >= 11 is 0. The topological polar surface area (TPSA) is 15.3 Å². The molecule has 1 unspecified atom stereocenters. The van der Waals surface area contributed by atoms with Gasteiger partial charge in [-0.25, -0.2) is 0 Å². The Labute approximate surface area is 117 Å². The minimum Gasteiger partial charge on any atom is -0.371 e. The monoisotopic (exact) mass is 258 g/mol. The number of rotatable bonds is 4. The molecule has 0 amide bonds. The highest BCUT2D eigenvalue weighted by Crippen LogP contribution is 2.36. The summed E-state index contributed by atoms with van der Waals surface area (Å²) in [4.78, 5) is 2.65. The van der Waals surface area contributed by atoms with Crippen LogP contribution in [0.3, 0.4) is 0 Å². The third kappa shape index (κ3) is 2.64. The zero-order chi connectivity index (χ0) is 13.1. The summed E-state index contributed by atoms with van der Waals surface area (Å²) < 4.78 is 0. The second-order valence-electron chi connectivity index (χ2n) is 6.33. The van der Waals surface area contributed by atoms with Crippen LogP contribution in [0, 0.1) is 5.41 Å². The van der Waals surface area contributed by atoms with Gasteiger partial charge in [-0.2, -0.15) is 0 Å². The molecule has 0 aliphatic carbocycles. The molecular formula is C17H26N2. The second kappa shape index (κ2) is 5.54. The van der Waals surface area contributed by atoms with Gasteiger partial charge in [0.1, 0.15) is 0 Å².